The molecule has 0 aliphatic heterocycles. The molecule has 0 bridgehead atoms. The van der Waals surface area contributed by atoms with Crippen LogP contribution < -0.4 is 0 Å². The van der Waals surface area contributed by atoms with Crippen LogP contribution in [0.1, 0.15) is 19.2 Å². The highest BCUT2D eigenvalue weighted by Crippen LogP contribution is 2.32. The lowest BCUT2D eigenvalue weighted by molar-refractivity contribution is -0.384. The highest BCUT2D eigenvalue weighted by molar-refractivity contribution is 8.00. The molecule has 0 unspecified atom stereocenters. The minimum absolute atomic E-state index is 0.0830. The first kappa shape index (κ1) is 14.9. The molecule has 2 heterocycles. The van der Waals surface area contributed by atoms with Gasteiger partial charge in [-0.3, -0.25) is 10.1 Å². The van der Waals surface area contributed by atoms with Crippen LogP contribution in [0.25, 0.3) is 10.2 Å². The first-order valence-electron chi connectivity index (χ1n) is 6.60. The highest BCUT2D eigenvalue weighted by atomic mass is 32.2. The summed E-state index contributed by atoms with van der Waals surface area (Å²) in [7, 11) is 0. The van der Waals surface area contributed by atoms with Gasteiger partial charge in [0.15, 0.2) is 10.2 Å². The minimum atomic E-state index is -0.398. The summed E-state index contributed by atoms with van der Waals surface area (Å²) in [6, 6.07) is 4.70. The van der Waals surface area contributed by atoms with Gasteiger partial charge in [0.1, 0.15) is 0 Å². The summed E-state index contributed by atoms with van der Waals surface area (Å²) in [5, 5.41) is 22.4. The van der Waals surface area contributed by atoms with Gasteiger partial charge in [-0.1, -0.05) is 18.7 Å². The van der Waals surface area contributed by atoms with Gasteiger partial charge in [0.2, 0.25) is 0 Å². The molecular formula is C12H12N6O2S2. The van der Waals surface area contributed by atoms with E-state index in [9.17, 15) is 10.1 Å². The third kappa shape index (κ3) is 3.07. The van der Waals surface area contributed by atoms with Crippen LogP contribution in [0.2, 0.25) is 0 Å². The zero-order valence-electron chi connectivity index (χ0n) is 11.7. The summed E-state index contributed by atoms with van der Waals surface area (Å²) < 4.78 is 3.44. The number of hydrogen-bond acceptors (Lipinski definition) is 8. The Hall–Kier alpha value is -2.07. The zero-order chi connectivity index (χ0) is 15.5. The summed E-state index contributed by atoms with van der Waals surface area (Å²) in [6.07, 6.45) is 0.966. The van der Waals surface area contributed by atoms with Crippen molar-refractivity contribution >= 4 is 39.0 Å². The summed E-state index contributed by atoms with van der Waals surface area (Å²) >= 11 is 2.97. The summed E-state index contributed by atoms with van der Waals surface area (Å²) in [5.41, 5.74) is 0.853. The maximum absolute atomic E-state index is 10.8. The topological polar surface area (TPSA) is 99.6 Å². The number of thioether (sulfide) groups is 1. The lowest BCUT2D eigenvalue weighted by Gasteiger charge is -2.00. The molecule has 0 saturated carbocycles. The van der Waals surface area contributed by atoms with E-state index in [-0.39, 0.29) is 5.69 Å². The molecule has 0 aliphatic carbocycles. The van der Waals surface area contributed by atoms with Crippen molar-refractivity contribution in [2.24, 2.45) is 0 Å². The predicted octanol–water partition coefficient (Wildman–Crippen LogP) is 2.89. The fourth-order valence-corrected chi connectivity index (χ4v) is 3.94. The van der Waals surface area contributed by atoms with Gasteiger partial charge in [-0.25, -0.2) is 9.67 Å². The second-order valence-corrected chi connectivity index (χ2v) is 6.75. The lowest BCUT2D eigenvalue weighted by Crippen LogP contribution is -2.04. The Balaban J connectivity index is 1.76. The fraction of sp³-hybridized carbons (Fsp3) is 0.333. The Labute approximate surface area is 133 Å². The molecule has 0 aliphatic rings. The number of aryl methyl sites for hydroxylation is 1. The molecule has 0 N–H and O–H groups in total. The van der Waals surface area contributed by atoms with E-state index in [1.54, 1.807) is 16.8 Å². The maximum Gasteiger partial charge on any atom is 0.270 e. The average Bonchev–Trinajstić information content (AvgIpc) is 3.10. The number of nitro benzene ring substituents is 1. The van der Waals surface area contributed by atoms with E-state index in [4.69, 9.17) is 0 Å². The van der Waals surface area contributed by atoms with E-state index in [1.165, 1.54) is 29.2 Å². The summed E-state index contributed by atoms with van der Waals surface area (Å²) in [6.45, 7) is 2.86. The number of non-ortho nitro benzene ring substituents is 1. The Morgan fingerprint density at radius 3 is 3.09 bits per heavy atom. The van der Waals surface area contributed by atoms with E-state index in [0.29, 0.717) is 5.75 Å². The molecule has 22 heavy (non-hydrogen) atoms. The average molecular weight is 336 g/mol. The van der Waals surface area contributed by atoms with Crippen molar-refractivity contribution in [3.8, 4) is 0 Å². The van der Waals surface area contributed by atoms with Crippen molar-refractivity contribution in [3.63, 3.8) is 0 Å². The van der Waals surface area contributed by atoms with Crippen LogP contribution in [0, 0.1) is 10.1 Å². The van der Waals surface area contributed by atoms with E-state index >= 15 is 0 Å². The fourth-order valence-electron chi connectivity index (χ4n) is 1.91. The van der Waals surface area contributed by atoms with Crippen LogP contribution in [0.15, 0.2) is 22.5 Å². The van der Waals surface area contributed by atoms with Gasteiger partial charge in [-0.05, 0) is 22.9 Å². The summed E-state index contributed by atoms with van der Waals surface area (Å²) in [5.74, 6) is 1.42. The van der Waals surface area contributed by atoms with E-state index in [0.717, 1.165) is 33.3 Å². The van der Waals surface area contributed by atoms with Crippen LogP contribution in [0.3, 0.4) is 0 Å². The third-order valence-electron chi connectivity index (χ3n) is 2.93. The molecule has 8 nitrogen and oxygen atoms in total. The van der Waals surface area contributed by atoms with Crippen molar-refractivity contribution in [2.75, 3.05) is 0 Å². The molecule has 10 heteroatoms. The van der Waals surface area contributed by atoms with Crippen molar-refractivity contribution in [2.45, 2.75) is 30.0 Å². The molecule has 0 atom stereocenters. The van der Waals surface area contributed by atoms with Crippen molar-refractivity contribution in [3.05, 3.63) is 34.1 Å². The number of aromatic nitrogens is 5. The minimum Gasteiger partial charge on any atom is -0.258 e. The third-order valence-corrected chi connectivity index (χ3v) is 5.09. The van der Waals surface area contributed by atoms with Crippen molar-refractivity contribution < 1.29 is 4.92 Å². The quantitative estimate of drug-likeness (QED) is 0.387. The number of benzene rings is 1. The van der Waals surface area contributed by atoms with Crippen molar-refractivity contribution in [1.29, 1.82) is 0 Å². The highest BCUT2D eigenvalue weighted by Gasteiger charge is 2.12. The Morgan fingerprint density at radius 1 is 1.45 bits per heavy atom. The number of rotatable bonds is 6. The molecule has 1 aromatic carbocycles. The Kier molecular flexibility index (Phi) is 4.29. The standard InChI is InChI=1S/C12H12N6O2S2/c1-2-5-17-11(14-15-16-17)7-21-12-13-9-4-3-8(18(19)20)6-10(9)22-12/h3-4,6H,2,5,7H2,1H3. The monoisotopic (exact) mass is 336 g/mol. The molecule has 3 aromatic rings. The van der Waals surface area contributed by atoms with Crippen LogP contribution in [-0.4, -0.2) is 30.1 Å². The van der Waals surface area contributed by atoms with E-state index in [2.05, 4.69) is 27.4 Å². The number of thiazole rings is 1. The number of fused-ring (bicyclic) bond motifs is 1. The van der Waals surface area contributed by atoms with Gasteiger partial charge in [-0.2, -0.15) is 0 Å². The Bertz CT molecular complexity index is 815. The SMILES string of the molecule is CCCn1nnnc1CSc1nc2ccc([N+](=O)[O-])cc2s1. The van der Waals surface area contributed by atoms with Gasteiger partial charge >= 0.3 is 0 Å². The van der Waals surface area contributed by atoms with E-state index in [1.807, 2.05) is 0 Å². The number of nitro groups is 1. The van der Waals surface area contributed by atoms with Crippen LogP contribution in [0.4, 0.5) is 5.69 Å². The molecule has 2 aromatic heterocycles. The maximum atomic E-state index is 10.8. The van der Waals surface area contributed by atoms with Crippen molar-refractivity contribution in [1.82, 2.24) is 25.2 Å². The first-order valence-corrected chi connectivity index (χ1v) is 8.40. The summed E-state index contributed by atoms with van der Waals surface area (Å²) in [4.78, 5) is 14.9. The molecule has 0 radical (unpaired) electrons. The second-order valence-electron chi connectivity index (χ2n) is 4.50. The smallest absolute Gasteiger partial charge is 0.258 e. The molecule has 0 amide bonds. The van der Waals surface area contributed by atoms with Gasteiger partial charge in [0, 0.05) is 18.7 Å². The molecule has 3 rings (SSSR count). The lowest BCUT2D eigenvalue weighted by atomic mass is 10.3. The Morgan fingerprint density at radius 2 is 2.32 bits per heavy atom. The van der Waals surface area contributed by atoms with Crippen LogP contribution in [0.5, 0.6) is 0 Å². The molecule has 114 valence electrons. The van der Waals surface area contributed by atoms with Gasteiger partial charge in [0.05, 0.1) is 20.9 Å². The largest absolute Gasteiger partial charge is 0.270 e. The molecular weight excluding hydrogens is 324 g/mol. The van der Waals surface area contributed by atoms with E-state index < -0.39 is 4.92 Å². The van der Waals surface area contributed by atoms with Gasteiger partial charge < -0.3 is 0 Å². The normalized spacial score (nSPS) is 11.1. The molecule has 0 saturated heterocycles. The number of tetrazole rings is 1. The number of nitrogens with zero attached hydrogens (tertiary/aromatic N) is 6. The molecule has 0 spiro atoms. The van der Waals surface area contributed by atoms with Gasteiger partial charge in [-0.15, -0.1) is 16.4 Å². The van der Waals surface area contributed by atoms with Gasteiger partial charge in [0.25, 0.3) is 5.69 Å². The molecule has 0 fully saturated rings. The van der Waals surface area contributed by atoms with Crippen LogP contribution >= 0.6 is 23.1 Å². The zero-order valence-corrected chi connectivity index (χ0v) is 13.3. The predicted molar refractivity (Wildman–Crippen MR) is 83.9 cm³/mol. The second kappa shape index (κ2) is 6.36. The van der Waals surface area contributed by atoms with Crippen LogP contribution in [-0.2, 0) is 12.3 Å². The first-order chi connectivity index (χ1) is 10.7. The number of hydrogen-bond donors (Lipinski definition) is 0.